The van der Waals surface area contributed by atoms with E-state index in [-0.39, 0.29) is 28.7 Å². The van der Waals surface area contributed by atoms with E-state index in [4.69, 9.17) is 4.74 Å². The number of halogens is 3. The molecule has 1 heterocycles. The lowest BCUT2D eigenvalue weighted by Crippen LogP contribution is -2.45. The van der Waals surface area contributed by atoms with E-state index in [9.17, 15) is 13.9 Å². The average molecular weight is 335 g/mol. The van der Waals surface area contributed by atoms with E-state index < -0.39 is 17.2 Å². The first kappa shape index (κ1) is 14.9. The van der Waals surface area contributed by atoms with Crippen LogP contribution < -0.4 is 0 Å². The summed E-state index contributed by atoms with van der Waals surface area (Å²) in [6, 6.07) is 2.53. The predicted octanol–water partition coefficient (Wildman–Crippen LogP) is 3.59. The van der Waals surface area contributed by atoms with Gasteiger partial charge in [-0.3, -0.25) is 0 Å². The fraction of sp³-hybridized carbons (Fsp3) is 0.571. The summed E-state index contributed by atoms with van der Waals surface area (Å²) >= 11 is 3.04. The van der Waals surface area contributed by atoms with Gasteiger partial charge in [-0.15, -0.1) is 0 Å². The van der Waals surface area contributed by atoms with Crippen LogP contribution in [-0.2, 0) is 11.2 Å². The van der Waals surface area contributed by atoms with Gasteiger partial charge in [-0.25, -0.2) is 8.78 Å². The van der Waals surface area contributed by atoms with Crippen molar-refractivity contribution in [3.63, 3.8) is 0 Å². The van der Waals surface area contributed by atoms with Crippen molar-refractivity contribution in [3.8, 4) is 0 Å². The van der Waals surface area contributed by atoms with E-state index in [0.717, 1.165) is 0 Å². The van der Waals surface area contributed by atoms with Gasteiger partial charge in [0.25, 0.3) is 0 Å². The minimum atomic E-state index is -1.13. The smallest absolute Gasteiger partial charge is 0.143 e. The molecular formula is C14H17BrF2O2. The molecule has 0 aliphatic carbocycles. The summed E-state index contributed by atoms with van der Waals surface area (Å²) < 4.78 is 33.5. The van der Waals surface area contributed by atoms with Crippen LogP contribution in [0.4, 0.5) is 8.78 Å². The number of hydrogen-bond acceptors (Lipinski definition) is 2. The Kier molecular flexibility index (Phi) is 4.28. The molecule has 1 N–H and O–H groups in total. The first-order chi connectivity index (χ1) is 8.81. The zero-order chi connectivity index (χ0) is 14.2. The molecule has 106 valence electrons. The molecule has 0 radical (unpaired) electrons. The highest BCUT2D eigenvalue weighted by atomic mass is 79.9. The number of aliphatic hydroxyl groups is 1. The molecule has 5 heteroatoms. The van der Waals surface area contributed by atoms with Crippen LogP contribution in [0.1, 0.15) is 32.3 Å². The van der Waals surface area contributed by atoms with Crippen LogP contribution in [0.2, 0.25) is 0 Å². The molecule has 0 amide bonds. The normalized spacial score (nSPS) is 31.5. The topological polar surface area (TPSA) is 29.5 Å². The lowest BCUT2D eigenvalue weighted by Gasteiger charge is -2.39. The Bertz CT molecular complexity index is 469. The van der Waals surface area contributed by atoms with Gasteiger partial charge in [0.15, 0.2) is 0 Å². The van der Waals surface area contributed by atoms with Gasteiger partial charge in [0.05, 0.1) is 22.3 Å². The maximum atomic E-state index is 14.0. The molecule has 2 nitrogen and oxygen atoms in total. The highest BCUT2D eigenvalue weighted by Crippen LogP contribution is 2.34. The van der Waals surface area contributed by atoms with Crippen LogP contribution in [0.25, 0.3) is 0 Å². The largest absolute Gasteiger partial charge is 0.389 e. The average Bonchev–Trinajstić information content (AvgIpc) is 2.28. The van der Waals surface area contributed by atoms with Crippen LogP contribution in [-0.4, -0.2) is 22.9 Å². The maximum Gasteiger partial charge on any atom is 0.143 e. The minimum Gasteiger partial charge on any atom is -0.389 e. The molecule has 0 saturated carbocycles. The molecule has 0 aromatic heterocycles. The molecule has 1 saturated heterocycles. The third-order valence-electron chi connectivity index (χ3n) is 3.44. The molecular weight excluding hydrogens is 318 g/mol. The third-order valence-corrected chi connectivity index (χ3v) is 4.06. The minimum absolute atomic E-state index is 0.0395. The van der Waals surface area contributed by atoms with Gasteiger partial charge in [-0.05, 0) is 41.9 Å². The van der Waals surface area contributed by atoms with Crippen molar-refractivity contribution in [1.29, 1.82) is 0 Å². The summed E-state index contributed by atoms with van der Waals surface area (Å²) in [5, 5.41) is 10.6. The summed E-state index contributed by atoms with van der Waals surface area (Å²) in [5.74, 6) is -1.26. The van der Waals surface area contributed by atoms with Crippen LogP contribution in [0.5, 0.6) is 0 Å². The highest BCUT2D eigenvalue weighted by molar-refractivity contribution is 9.10. The van der Waals surface area contributed by atoms with Crippen molar-refractivity contribution in [3.05, 3.63) is 33.8 Å². The van der Waals surface area contributed by atoms with Crippen LogP contribution in [0, 0.1) is 11.6 Å². The molecule has 2 unspecified atom stereocenters. The van der Waals surface area contributed by atoms with Gasteiger partial charge in [0.1, 0.15) is 11.6 Å². The van der Waals surface area contributed by atoms with Crippen LogP contribution >= 0.6 is 15.9 Å². The molecule has 0 spiro atoms. The Morgan fingerprint density at radius 1 is 1.32 bits per heavy atom. The van der Waals surface area contributed by atoms with Gasteiger partial charge in [-0.1, -0.05) is 0 Å². The fourth-order valence-electron chi connectivity index (χ4n) is 2.85. The Morgan fingerprint density at radius 2 is 1.89 bits per heavy atom. The van der Waals surface area contributed by atoms with Gasteiger partial charge < -0.3 is 9.84 Å². The lowest BCUT2D eigenvalue weighted by molar-refractivity contribution is -0.131. The molecule has 0 bridgehead atoms. The zero-order valence-electron chi connectivity index (χ0n) is 10.9. The van der Waals surface area contributed by atoms with Crippen molar-refractivity contribution in [1.82, 2.24) is 0 Å². The first-order valence-electron chi connectivity index (χ1n) is 6.31. The monoisotopic (exact) mass is 334 g/mol. The Morgan fingerprint density at radius 3 is 2.47 bits per heavy atom. The van der Waals surface area contributed by atoms with Crippen molar-refractivity contribution in [2.45, 2.75) is 50.9 Å². The maximum absolute atomic E-state index is 14.0. The molecule has 1 aliphatic heterocycles. The van der Waals surface area contributed by atoms with Crippen molar-refractivity contribution in [2.24, 2.45) is 0 Å². The first-order valence-corrected chi connectivity index (χ1v) is 7.10. The Labute approximate surface area is 119 Å². The van der Waals surface area contributed by atoms with Gasteiger partial charge in [0, 0.05) is 24.8 Å². The van der Waals surface area contributed by atoms with Gasteiger partial charge >= 0.3 is 0 Å². The number of benzene rings is 1. The highest BCUT2D eigenvalue weighted by Gasteiger charge is 2.38. The van der Waals surface area contributed by atoms with E-state index in [1.807, 2.05) is 13.8 Å². The van der Waals surface area contributed by atoms with Crippen molar-refractivity contribution < 1.29 is 18.6 Å². The van der Waals surface area contributed by atoms with Crippen molar-refractivity contribution in [2.75, 3.05) is 0 Å². The Hall–Kier alpha value is -0.520. The Balaban J connectivity index is 2.27. The van der Waals surface area contributed by atoms with Crippen LogP contribution in [0.3, 0.4) is 0 Å². The summed E-state index contributed by atoms with van der Waals surface area (Å²) in [5.41, 5.74) is -1.20. The lowest BCUT2D eigenvalue weighted by atomic mass is 9.82. The number of rotatable bonds is 2. The van der Waals surface area contributed by atoms with Crippen molar-refractivity contribution >= 4 is 15.9 Å². The van der Waals surface area contributed by atoms with E-state index in [1.54, 1.807) is 0 Å². The summed E-state index contributed by atoms with van der Waals surface area (Å²) in [6.45, 7) is 3.71. The SMILES string of the molecule is CC1CC(O)(Cc2c(F)ccc(Br)c2F)CC(C)O1. The molecule has 2 atom stereocenters. The van der Waals surface area contributed by atoms with E-state index >= 15 is 0 Å². The molecule has 1 aromatic carbocycles. The molecule has 19 heavy (non-hydrogen) atoms. The second kappa shape index (κ2) is 5.46. The van der Waals surface area contributed by atoms with Gasteiger partial charge in [-0.2, -0.15) is 0 Å². The predicted molar refractivity (Wildman–Crippen MR) is 72.0 cm³/mol. The fourth-order valence-corrected chi connectivity index (χ4v) is 3.22. The van der Waals surface area contributed by atoms with E-state index in [2.05, 4.69) is 15.9 Å². The number of ether oxygens (including phenoxy) is 1. The number of hydrogen-bond donors (Lipinski definition) is 1. The molecule has 1 aliphatic rings. The zero-order valence-corrected chi connectivity index (χ0v) is 12.5. The van der Waals surface area contributed by atoms with Crippen LogP contribution in [0.15, 0.2) is 16.6 Å². The quantitative estimate of drug-likeness (QED) is 0.837. The van der Waals surface area contributed by atoms with E-state index in [0.29, 0.717) is 12.8 Å². The molecule has 1 fully saturated rings. The van der Waals surface area contributed by atoms with Gasteiger partial charge in [0.2, 0.25) is 0 Å². The molecule has 2 rings (SSSR count). The summed E-state index contributed by atoms with van der Waals surface area (Å²) in [7, 11) is 0. The summed E-state index contributed by atoms with van der Waals surface area (Å²) in [6.07, 6.45) is 0.479. The van der Waals surface area contributed by atoms with E-state index in [1.165, 1.54) is 12.1 Å². The second-order valence-corrected chi connectivity index (χ2v) is 6.24. The second-order valence-electron chi connectivity index (χ2n) is 5.39. The summed E-state index contributed by atoms with van der Waals surface area (Å²) in [4.78, 5) is 0. The standard InChI is InChI=1S/C14H17BrF2O2/c1-8-5-14(18,6-9(2)19-8)7-10-12(16)4-3-11(15)13(10)17/h3-4,8-9,18H,5-7H2,1-2H3. The molecule has 1 aromatic rings. The third kappa shape index (κ3) is 3.33.